The lowest BCUT2D eigenvalue weighted by molar-refractivity contribution is -0.274. The Labute approximate surface area is 204 Å². The van der Waals surface area contributed by atoms with E-state index < -0.39 is 12.3 Å². The van der Waals surface area contributed by atoms with E-state index in [2.05, 4.69) is 30.3 Å². The van der Waals surface area contributed by atoms with Crippen LogP contribution in [0.2, 0.25) is 0 Å². The van der Waals surface area contributed by atoms with E-state index in [1.807, 2.05) is 31.2 Å². The number of carbonyl (C=O) groups excluding carboxylic acids is 1. The summed E-state index contributed by atoms with van der Waals surface area (Å²) in [5.41, 5.74) is 3.49. The fraction of sp³-hybridized carbons (Fsp3) is 0.120. The Morgan fingerprint density at radius 1 is 0.972 bits per heavy atom. The number of carbonyl (C=O) groups is 1. The van der Waals surface area contributed by atoms with Gasteiger partial charge in [0.25, 0.3) is 5.91 Å². The number of amides is 1. The van der Waals surface area contributed by atoms with Gasteiger partial charge in [-0.3, -0.25) is 9.78 Å². The van der Waals surface area contributed by atoms with Crippen molar-refractivity contribution in [2.75, 3.05) is 17.2 Å². The van der Waals surface area contributed by atoms with Crippen molar-refractivity contribution in [3.05, 3.63) is 84.8 Å². The van der Waals surface area contributed by atoms with Gasteiger partial charge < -0.3 is 20.1 Å². The van der Waals surface area contributed by atoms with Gasteiger partial charge in [-0.1, -0.05) is 6.07 Å². The molecule has 0 bridgehead atoms. The predicted molar refractivity (Wildman–Crippen MR) is 127 cm³/mol. The molecule has 36 heavy (non-hydrogen) atoms. The molecule has 0 aliphatic rings. The number of nitrogens with zero attached hydrogens (tertiary/aromatic N) is 3. The predicted octanol–water partition coefficient (Wildman–Crippen LogP) is 5.51. The van der Waals surface area contributed by atoms with E-state index in [1.54, 1.807) is 30.7 Å². The first-order chi connectivity index (χ1) is 17.2. The number of alkyl halides is 3. The maximum atomic E-state index is 12.5. The number of anilines is 3. The molecule has 0 atom stereocenters. The summed E-state index contributed by atoms with van der Waals surface area (Å²) in [6, 6.07) is 15.6. The third-order valence-corrected chi connectivity index (χ3v) is 4.74. The zero-order valence-electron chi connectivity index (χ0n) is 18.9. The first-order valence-corrected chi connectivity index (χ1v) is 10.6. The van der Waals surface area contributed by atoms with Crippen molar-refractivity contribution in [3.8, 4) is 22.8 Å². The monoisotopic (exact) mass is 495 g/mol. The summed E-state index contributed by atoms with van der Waals surface area (Å²) in [7, 11) is 0. The second kappa shape index (κ2) is 10.7. The number of ether oxygens (including phenoxy) is 2. The number of aryl methyl sites for hydroxylation is 1. The van der Waals surface area contributed by atoms with Gasteiger partial charge >= 0.3 is 6.36 Å². The largest absolute Gasteiger partial charge is 0.573 e. The summed E-state index contributed by atoms with van der Waals surface area (Å²) in [4.78, 5) is 25.4. The topological polar surface area (TPSA) is 98.3 Å². The number of benzene rings is 2. The van der Waals surface area contributed by atoms with E-state index >= 15 is 0 Å². The maximum Gasteiger partial charge on any atom is 0.573 e. The van der Waals surface area contributed by atoms with Gasteiger partial charge in [-0.05, 0) is 67.1 Å². The van der Waals surface area contributed by atoms with Crippen LogP contribution in [0.25, 0.3) is 11.3 Å². The Balaban J connectivity index is 1.41. The summed E-state index contributed by atoms with van der Waals surface area (Å²) in [6.45, 7) is 1.54. The third-order valence-electron chi connectivity index (χ3n) is 4.74. The highest BCUT2D eigenvalue weighted by molar-refractivity contribution is 5.95. The molecule has 0 radical (unpaired) electrons. The number of rotatable bonds is 8. The SMILES string of the molecule is Cc1ccc(NC(=O)COc2ccc(OC(F)(F)F)cc2)c(Nc2nccc(-c3cccnc3)n2)c1. The average molecular weight is 495 g/mol. The Morgan fingerprint density at radius 2 is 1.75 bits per heavy atom. The minimum absolute atomic E-state index is 0.211. The molecule has 2 aromatic heterocycles. The molecule has 4 rings (SSSR count). The van der Waals surface area contributed by atoms with Crippen LogP contribution in [-0.2, 0) is 4.79 Å². The lowest BCUT2D eigenvalue weighted by Gasteiger charge is -2.14. The molecule has 0 aliphatic carbocycles. The molecule has 0 aliphatic heterocycles. The van der Waals surface area contributed by atoms with E-state index in [4.69, 9.17) is 4.74 Å². The van der Waals surface area contributed by atoms with Crippen LogP contribution < -0.4 is 20.1 Å². The Bertz CT molecular complexity index is 1330. The van der Waals surface area contributed by atoms with Gasteiger partial charge in [-0.2, -0.15) is 0 Å². The van der Waals surface area contributed by atoms with Gasteiger partial charge in [0.15, 0.2) is 6.61 Å². The van der Waals surface area contributed by atoms with Crippen molar-refractivity contribution >= 4 is 23.2 Å². The first-order valence-electron chi connectivity index (χ1n) is 10.6. The molecular formula is C25H20F3N5O3. The van der Waals surface area contributed by atoms with Crippen LogP contribution in [0, 0.1) is 6.92 Å². The highest BCUT2D eigenvalue weighted by atomic mass is 19.4. The van der Waals surface area contributed by atoms with Crippen molar-refractivity contribution < 1.29 is 27.4 Å². The zero-order valence-corrected chi connectivity index (χ0v) is 18.9. The molecule has 11 heteroatoms. The molecule has 4 aromatic rings. The molecule has 1 amide bonds. The molecule has 0 unspecified atom stereocenters. The summed E-state index contributed by atoms with van der Waals surface area (Å²) >= 11 is 0. The number of nitrogens with one attached hydrogen (secondary N) is 2. The molecule has 2 aromatic carbocycles. The minimum atomic E-state index is -4.78. The normalized spacial score (nSPS) is 11.0. The molecular weight excluding hydrogens is 475 g/mol. The van der Waals surface area contributed by atoms with Crippen LogP contribution in [-0.4, -0.2) is 33.8 Å². The second-order valence-electron chi connectivity index (χ2n) is 7.54. The third kappa shape index (κ3) is 6.92. The highest BCUT2D eigenvalue weighted by Crippen LogP contribution is 2.27. The van der Waals surface area contributed by atoms with Crippen LogP contribution in [0.5, 0.6) is 11.5 Å². The average Bonchev–Trinajstić information content (AvgIpc) is 2.85. The van der Waals surface area contributed by atoms with Gasteiger partial charge in [-0.15, -0.1) is 13.2 Å². The summed E-state index contributed by atoms with van der Waals surface area (Å²) in [5, 5.41) is 5.88. The van der Waals surface area contributed by atoms with Crippen molar-refractivity contribution in [2.45, 2.75) is 13.3 Å². The van der Waals surface area contributed by atoms with Gasteiger partial charge in [-0.25, -0.2) is 9.97 Å². The number of hydrogen-bond donors (Lipinski definition) is 2. The van der Waals surface area contributed by atoms with E-state index in [0.29, 0.717) is 23.0 Å². The smallest absolute Gasteiger partial charge is 0.484 e. The number of pyridine rings is 1. The first kappa shape index (κ1) is 24.5. The van der Waals surface area contributed by atoms with Crippen LogP contribution in [0.3, 0.4) is 0 Å². The number of hydrogen-bond acceptors (Lipinski definition) is 7. The van der Waals surface area contributed by atoms with E-state index in [1.165, 1.54) is 12.1 Å². The number of halogens is 3. The number of aromatic nitrogens is 3. The lowest BCUT2D eigenvalue weighted by Crippen LogP contribution is -2.21. The van der Waals surface area contributed by atoms with Crippen molar-refractivity contribution in [3.63, 3.8) is 0 Å². The van der Waals surface area contributed by atoms with E-state index in [-0.39, 0.29) is 18.1 Å². The molecule has 184 valence electrons. The van der Waals surface area contributed by atoms with Gasteiger partial charge in [0.2, 0.25) is 5.95 Å². The Morgan fingerprint density at radius 3 is 2.47 bits per heavy atom. The minimum Gasteiger partial charge on any atom is -0.484 e. The van der Waals surface area contributed by atoms with Crippen LogP contribution in [0.1, 0.15) is 5.56 Å². The fourth-order valence-corrected chi connectivity index (χ4v) is 3.16. The van der Waals surface area contributed by atoms with Gasteiger partial charge in [0.1, 0.15) is 11.5 Å². The summed E-state index contributed by atoms with van der Waals surface area (Å²) in [5.74, 6) is -0.315. The standard InChI is InChI=1S/C25H20F3N5O3/c1-16-4-9-21(31-23(34)15-35-18-5-7-19(8-6-18)36-25(26,27)28)22(13-16)33-24-30-12-10-20(32-24)17-3-2-11-29-14-17/h2-14H,15H2,1H3,(H,31,34)(H,30,32,33). The van der Waals surface area contributed by atoms with E-state index in [9.17, 15) is 18.0 Å². The second-order valence-corrected chi connectivity index (χ2v) is 7.54. The van der Waals surface area contributed by atoms with Crippen molar-refractivity contribution in [1.82, 2.24) is 15.0 Å². The summed E-state index contributed by atoms with van der Waals surface area (Å²) in [6.07, 6.45) is 0.200. The molecule has 0 saturated carbocycles. The molecule has 0 fully saturated rings. The molecule has 2 heterocycles. The Kier molecular flexibility index (Phi) is 7.28. The van der Waals surface area contributed by atoms with Crippen molar-refractivity contribution in [2.24, 2.45) is 0 Å². The molecule has 8 nitrogen and oxygen atoms in total. The van der Waals surface area contributed by atoms with Crippen LogP contribution in [0.15, 0.2) is 79.3 Å². The Hall–Kier alpha value is -4.67. The quantitative estimate of drug-likeness (QED) is 0.333. The zero-order chi connectivity index (χ0) is 25.5. The van der Waals surface area contributed by atoms with Gasteiger partial charge in [0, 0.05) is 24.2 Å². The fourth-order valence-electron chi connectivity index (χ4n) is 3.16. The van der Waals surface area contributed by atoms with Crippen LogP contribution in [0.4, 0.5) is 30.5 Å². The maximum absolute atomic E-state index is 12.5. The summed E-state index contributed by atoms with van der Waals surface area (Å²) < 4.78 is 46.0. The van der Waals surface area contributed by atoms with Gasteiger partial charge in [0.05, 0.1) is 17.1 Å². The lowest BCUT2D eigenvalue weighted by atomic mass is 10.2. The van der Waals surface area contributed by atoms with E-state index in [0.717, 1.165) is 23.3 Å². The molecule has 2 N–H and O–H groups in total. The molecule has 0 spiro atoms. The van der Waals surface area contributed by atoms with Crippen molar-refractivity contribution in [1.29, 1.82) is 0 Å². The van der Waals surface area contributed by atoms with Crippen LogP contribution >= 0.6 is 0 Å². The highest BCUT2D eigenvalue weighted by Gasteiger charge is 2.31. The molecule has 0 saturated heterocycles.